The molecule has 0 spiro atoms. The summed E-state index contributed by atoms with van der Waals surface area (Å²) in [7, 11) is -3.64. The molecule has 0 bridgehead atoms. The molecule has 7 nitrogen and oxygen atoms in total. The predicted octanol–water partition coefficient (Wildman–Crippen LogP) is 5.01. The van der Waals surface area contributed by atoms with Crippen LogP contribution >= 0.6 is 34.8 Å². The van der Waals surface area contributed by atoms with Crippen molar-refractivity contribution in [3.8, 4) is 0 Å². The van der Waals surface area contributed by atoms with E-state index in [0.29, 0.717) is 10.7 Å². The first kappa shape index (κ1) is 25.3. The number of halogens is 3. The van der Waals surface area contributed by atoms with Gasteiger partial charge in [-0.1, -0.05) is 34.8 Å². The third-order valence-corrected chi connectivity index (χ3v) is 6.14. The number of esters is 1. The van der Waals surface area contributed by atoms with E-state index < -0.39 is 16.0 Å². The minimum absolute atomic E-state index is 0.0366. The van der Waals surface area contributed by atoms with Crippen LogP contribution in [0.25, 0.3) is 0 Å². The fourth-order valence-electron chi connectivity index (χ4n) is 2.72. The van der Waals surface area contributed by atoms with Gasteiger partial charge in [-0.05, 0) is 49.7 Å². The van der Waals surface area contributed by atoms with Gasteiger partial charge >= 0.3 is 5.97 Å². The molecule has 0 saturated carbocycles. The van der Waals surface area contributed by atoms with Crippen molar-refractivity contribution in [2.24, 2.45) is 0 Å². The molecule has 0 atom stereocenters. The van der Waals surface area contributed by atoms with Gasteiger partial charge in [-0.15, -0.1) is 0 Å². The van der Waals surface area contributed by atoms with Crippen LogP contribution in [-0.2, 0) is 19.6 Å². The number of sulfonamides is 1. The van der Waals surface area contributed by atoms with Crippen LogP contribution in [0.4, 0.5) is 11.4 Å². The van der Waals surface area contributed by atoms with E-state index in [4.69, 9.17) is 39.5 Å². The minimum atomic E-state index is -3.64. The number of carbonyl (C=O) groups excluding carboxylic acids is 2. The lowest BCUT2D eigenvalue weighted by Crippen LogP contribution is -2.31. The molecule has 0 saturated heterocycles. The van der Waals surface area contributed by atoms with E-state index in [1.165, 1.54) is 30.3 Å². The van der Waals surface area contributed by atoms with E-state index in [2.05, 4.69) is 5.32 Å². The average molecular weight is 508 g/mol. The number of hydrogen-bond donors (Lipinski definition) is 1. The Morgan fingerprint density at radius 3 is 2.39 bits per heavy atom. The molecule has 0 fully saturated rings. The number of anilines is 2. The van der Waals surface area contributed by atoms with Crippen molar-refractivity contribution < 1.29 is 22.7 Å². The van der Waals surface area contributed by atoms with Crippen molar-refractivity contribution in [2.45, 2.75) is 19.8 Å². The Hall–Kier alpha value is -2.00. The Balaban J connectivity index is 2.01. The molecular formula is C20H21Cl3N2O5S. The second-order valence-electron chi connectivity index (χ2n) is 6.50. The molecule has 0 aliphatic carbocycles. The van der Waals surface area contributed by atoms with E-state index in [9.17, 15) is 18.0 Å². The van der Waals surface area contributed by atoms with Crippen LogP contribution in [0.2, 0.25) is 15.1 Å². The van der Waals surface area contributed by atoms with Crippen molar-refractivity contribution in [1.82, 2.24) is 0 Å². The lowest BCUT2D eigenvalue weighted by atomic mass is 10.2. The summed E-state index contributed by atoms with van der Waals surface area (Å²) < 4.78 is 30.4. The standard InChI is InChI=1S/C20H21Cl3N2O5S/c1-3-30-20(27)15-8-7-14(12-17(15)23)24-19(26)5-4-10-25(31(2,28)29)18-11-13(21)6-9-16(18)22/h6-9,11-12H,3-5,10H2,1-2H3,(H,24,26). The number of rotatable bonds is 9. The number of benzene rings is 2. The summed E-state index contributed by atoms with van der Waals surface area (Å²) >= 11 is 18.2. The van der Waals surface area contributed by atoms with Crippen LogP contribution < -0.4 is 9.62 Å². The van der Waals surface area contributed by atoms with Gasteiger partial charge in [0.15, 0.2) is 0 Å². The number of nitrogens with zero attached hydrogens (tertiary/aromatic N) is 1. The van der Waals surface area contributed by atoms with Gasteiger partial charge in [-0.3, -0.25) is 9.10 Å². The maximum atomic E-state index is 12.3. The van der Waals surface area contributed by atoms with Crippen molar-refractivity contribution >= 4 is 68.1 Å². The maximum Gasteiger partial charge on any atom is 0.339 e. The van der Waals surface area contributed by atoms with E-state index in [-0.39, 0.29) is 53.2 Å². The minimum Gasteiger partial charge on any atom is -0.462 e. The van der Waals surface area contributed by atoms with Gasteiger partial charge in [0, 0.05) is 23.7 Å². The third kappa shape index (κ3) is 7.28. The maximum absolute atomic E-state index is 12.3. The molecule has 11 heteroatoms. The molecule has 0 aliphatic heterocycles. The number of carbonyl (C=O) groups is 2. The number of amides is 1. The Labute approximate surface area is 196 Å². The zero-order chi connectivity index (χ0) is 23.2. The van der Waals surface area contributed by atoms with Crippen LogP contribution in [0.3, 0.4) is 0 Å². The number of ether oxygens (including phenoxy) is 1. The summed E-state index contributed by atoms with van der Waals surface area (Å²) in [5, 5.41) is 3.38. The molecule has 0 heterocycles. The lowest BCUT2D eigenvalue weighted by molar-refractivity contribution is -0.116. The van der Waals surface area contributed by atoms with E-state index in [1.54, 1.807) is 13.0 Å². The van der Waals surface area contributed by atoms with Crippen molar-refractivity contribution in [3.63, 3.8) is 0 Å². The Kier molecular flexibility index (Phi) is 9.00. The van der Waals surface area contributed by atoms with E-state index in [1.807, 2.05) is 0 Å². The summed E-state index contributed by atoms with van der Waals surface area (Å²) in [6.45, 7) is 1.94. The third-order valence-electron chi connectivity index (χ3n) is 4.09. The molecular weight excluding hydrogens is 487 g/mol. The van der Waals surface area contributed by atoms with Gasteiger partial charge in [0.25, 0.3) is 0 Å². The number of nitrogens with one attached hydrogen (secondary N) is 1. The van der Waals surface area contributed by atoms with Crippen LogP contribution in [-0.4, -0.2) is 39.7 Å². The molecule has 2 aromatic rings. The summed E-state index contributed by atoms with van der Waals surface area (Å²) in [6.07, 6.45) is 1.33. The average Bonchev–Trinajstić information content (AvgIpc) is 2.66. The van der Waals surface area contributed by atoms with Crippen LogP contribution in [0.15, 0.2) is 36.4 Å². The molecule has 1 N–H and O–H groups in total. The molecule has 31 heavy (non-hydrogen) atoms. The highest BCUT2D eigenvalue weighted by Gasteiger charge is 2.21. The molecule has 2 rings (SSSR count). The zero-order valence-corrected chi connectivity index (χ0v) is 19.9. The zero-order valence-electron chi connectivity index (χ0n) is 16.8. The van der Waals surface area contributed by atoms with Crippen LogP contribution in [0.1, 0.15) is 30.1 Å². The van der Waals surface area contributed by atoms with Crippen molar-refractivity contribution in [3.05, 3.63) is 57.0 Å². The largest absolute Gasteiger partial charge is 0.462 e. The molecule has 0 unspecified atom stereocenters. The highest BCUT2D eigenvalue weighted by Crippen LogP contribution is 2.31. The van der Waals surface area contributed by atoms with Crippen LogP contribution in [0.5, 0.6) is 0 Å². The van der Waals surface area contributed by atoms with Gasteiger partial charge in [-0.2, -0.15) is 0 Å². The number of hydrogen-bond acceptors (Lipinski definition) is 5. The lowest BCUT2D eigenvalue weighted by Gasteiger charge is -2.23. The molecule has 2 aromatic carbocycles. The first-order valence-corrected chi connectivity index (χ1v) is 12.2. The topological polar surface area (TPSA) is 92.8 Å². The molecule has 0 aromatic heterocycles. The van der Waals surface area contributed by atoms with Gasteiger partial charge in [0.1, 0.15) is 0 Å². The first-order valence-electron chi connectivity index (χ1n) is 9.22. The first-order chi connectivity index (χ1) is 14.5. The molecule has 1 amide bonds. The second-order valence-corrected chi connectivity index (χ2v) is 9.66. The molecule has 0 radical (unpaired) electrons. The summed E-state index contributed by atoms with van der Waals surface area (Å²) in [4.78, 5) is 24.1. The summed E-state index contributed by atoms with van der Waals surface area (Å²) in [5.41, 5.74) is 0.850. The second kappa shape index (κ2) is 11.0. The highest BCUT2D eigenvalue weighted by molar-refractivity contribution is 7.92. The Bertz CT molecular complexity index is 1080. The fraction of sp³-hybridized carbons (Fsp3) is 0.300. The quantitative estimate of drug-likeness (QED) is 0.482. The van der Waals surface area contributed by atoms with E-state index >= 15 is 0 Å². The highest BCUT2D eigenvalue weighted by atomic mass is 35.5. The van der Waals surface area contributed by atoms with Crippen molar-refractivity contribution in [1.29, 1.82) is 0 Å². The molecule has 168 valence electrons. The van der Waals surface area contributed by atoms with Gasteiger partial charge < -0.3 is 10.1 Å². The Morgan fingerprint density at radius 2 is 1.77 bits per heavy atom. The molecule has 0 aliphatic rings. The van der Waals surface area contributed by atoms with Crippen LogP contribution in [0, 0.1) is 0 Å². The summed E-state index contributed by atoms with van der Waals surface area (Å²) in [5.74, 6) is -0.892. The van der Waals surface area contributed by atoms with Gasteiger partial charge in [-0.25, -0.2) is 13.2 Å². The van der Waals surface area contributed by atoms with E-state index in [0.717, 1.165) is 10.6 Å². The SMILES string of the molecule is CCOC(=O)c1ccc(NC(=O)CCCN(c2cc(Cl)ccc2Cl)S(C)(=O)=O)cc1Cl. The van der Waals surface area contributed by atoms with Crippen molar-refractivity contribution in [2.75, 3.05) is 29.0 Å². The Morgan fingerprint density at radius 1 is 1.06 bits per heavy atom. The summed E-state index contributed by atoms with van der Waals surface area (Å²) in [6, 6.07) is 8.96. The van der Waals surface area contributed by atoms with Gasteiger partial charge in [0.05, 0.1) is 34.2 Å². The predicted molar refractivity (Wildman–Crippen MR) is 124 cm³/mol. The fourth-order valence-corrected chi connectivity index (χ4v) is 4.38. The van der Waals surface area contributed by atoms with Gasteiger partial charge in [0.2, 0.25) is 15.9 Å². The normalized spacial score (nSPS) is 11.1. The smallest absolute Gasteiger partial charge is 0.339 e. The monoisotopic (exact) mass is 506 g/mol.